The average molecular weight is 514 g/mol. The van der Waals surface area contributed by atoms with Gasteiger partial charge in [0.1, 0.15) is 11.6 Å². The number of benzene rings is 3. The van der Waals surface area contributed by atoms with E-state index >= 15 is 0 Å². The van der Waals surface area contributed by atoms with Crippen LogP contribution in [0.4, 0.5) is 17.6 Å². The standard InChI is InChI=1S/C26H22F4N4O3/c27-19-9-18(10-20(28)12-19)26(37)34-7-6-33(25(36)17-4-5-21(29)22(30)11-17)24(34)23(35)32-14-16-3-1-2-15(8-16)13-31/h1-5,8-12,24H,6-7,13-14,31H2,(H,32,35). The van der Waals surface area contributed by atoms with Crippen molar-refractivity contribution in [1.29, 1.82) is 0 Å². The van der Waals surface area contributed by atoms with Crippen LogP contribution in [0.15, 0.2) is 60.7 Å². The molecule has 0 aromatic heterocycles. The van der Waals surface area contributed by atoms with Crippen molar-refractivity contribution in [2.45, 2.75) is 19.3 Å². The van der Waals surface area contributed by atoms with Gasteiger partial charge in [-0.3, -0.25) is 14.4 Å². The highest BCUT2D eigenvalue weighted by molar-refractivity contribution is 6.02. The molecule has 192 valence electrons. The molecule has 0 bridgehead atoms. The molecule has 4 rings (SSSR count). The van der Waals surface area contributed by atoms with Crippen LogP contribution in [0.5, 0.6) is 0 Å². The number of amides is 3. The molecule has 0 saturated carbocycles. The highest BCUT2D eigenvalue weighted by Crippen LogP contribution is 2.23. The molecule has 1 heterocycles. The van der Waals surface area contributed by atoms with E-state index in [1.54, 1.807) is 18.2 Å². The number of hydrogen-bond donors (Lipinski definition) is 2. The second kappa shape index (κ2) is 10.8. The third-order valence-electron chi connectivity index (χ3n) is 5.90. The number of nitrogens with two attached hydrogens (primary N) is 1. The first-order valence-electron chi connectivity index (χ1n) is 11.3. The lowest BCUT2D eigenvalue weighted by molar-refractivity contribution is -0.128. The Balaban J connectivity index is 1.64. The largest absolute Gasteiger partial charge is 0.349 e. The van der Waals surface area contributed by atoms with E-state index in [1.807, 2.05) is 6.07 Å². The van der Waals surface area contributed by atoms with Gasteiger partial charge in [-0.15, -0.1) is 0 Å². The molecule has 0 radical (unpaired) electrons. The minimum absolute atomic E-state index is 0.0347. The quantitative estimate of drug-likeness (QED) is 0.495. The molecule has 0 aliphatic carbocycles. The fraction of sp³-hybridized carbons (Fsp3) is 0.192. The maximum absolute atomic E-state index is 13.8. The Morgan fingerprint density at radius 3 is 2.03 bits per heavy atom. The van der Waals surface area contributed by atoms with Crippen LogP contribution in [-0.2, 0) is 17.9 Å². The van der Waals surface area contributed by atoms with Crippen LogP contribution in [0, 0.1) is 23.3 Å². The van der Waals surface area contributed by atoms with E-state index in [-0.39, 0.29) is 37.3 Å². The van der Waals surface area contributed by atoms with Crippen molar-refractivity contribution >= 4 is 17.7 Å². The van der Waals surface area contributed by atoms with E-state index in [0.717, 1.165) is 39.6 Å². The summed E-state index contributed by atoms with van der Waals surface area (Å²) >= 11 is 0. The summed E-state index contributed by atoms with van der Waals surface area (Å²) in [6.07, 6.45) is -1.52. The van der Waals surface area contributed by atoms with Gasteiger partial charge in [0.05, 0.1) is 0 Å². The summed E-state index contributed by atoms with van der Waals surface area (Å²) in [7, 11) is 0. The summed E-state index contributed by atoms with van der Waals surface area (Å²) < 4.78 is 54.7. The summed E-state index contributed by atoms with van der Waals surface area (Å²) in [6.45, 7) is 0.0373. The van der Waals surface area contributed by atoms with Crippen LogP contribution in [0.1, 0.15) is 31.8 Å². The van der Waals surface area contributed by atoms with Gasteiger partial charge in [0.25, 0.3) is 17.7 Å². The summed E-state index contributed by atoms with van der Waals surface area (Å²) in [4.78, 5) is 41.7. The predicted octanol–water partition coefficient (Wildman–Crippen LogP) is 2.94. The molecule has 1 fully saturated rings. The van der Waals surface area contributed by atoms with Crippen LogP contribution in [0.3, 0.4) is 0 Å². The molecule has 0 spiro atoms. The molecule has 1 unspecified atom stereocenters. The minimum Gasteiger partial charge on any atom is -0.349 e. The first kappa shape index (κ1) is 25.8. The lowest BCUT2D eigenvalue weighted by Crippen LogP contribution is -2.53. The number of rotatable bonds is 6. The number of carbonyl (C=O) groups is 3. The lowest BCUT2D eigenvalue weighted by atomic mass is 10.1. The Hall–Kier alpha value is -4.25. The number of carbonyl (C=O) groups excluding carboxylic acids is 3. The molecule has 3 aromatic carbocycles. The normalized spacial score (nSPS) is 15.1. The Bertz CT molecular complexity index is 1350. The zero-order chi connectivity index (χ0) is 26.7. The third-order valence-corrected chi connectivity index (χ3v) is 5.90. The minimum atomic E-state index is -1.52. The maximum atomic E-state index is 13.8. The van der Waals surface area contributed by atoms with Crippen molar-refractivity contribution in [2.75, 3.05) is 13.1 Å². The van der Waals surface area contributed by atoms with E-state index < -0.39 is 47.2 Å². The lowest BCUT2D eigenvalue weighted by Gasteiger charge is -2.29. The van der Waals surface area contributed by atoms with E-state index in [9.17, 15) is 31.9 Å². The van der Waals surface area contributed by atoms with E-state index in [1.165, 1.54) is 0 Å². The topological polar surface area (TPSA) is 95.7 Å². The molecular formula is C26H22F4N4O3. The molecule has 3 amide bonds. The first-order chi connectivity index (χ1) is 17.7. The highest BCUT2D eigenvalue weighted by atomic mass is 19.2. The summed E-state index contributed by atoms with van der Waals surface area (Å²) in [5, 5.41) is 2.66. The Kier molecular flexibility index (Phi) is 7.53. The Morgan fingerprint density at radius 1 is 0.784 bits per heavy atom. The summed E-state index contributed by atoms with van der Waals surface area (Å²) in [5.74, 6) is -6.85. The molecule has 1 aliphatic rings. The van der Waals surface area contributed by atoms with Gasteiger partial charge in [0.15, 0.2) is 17.8 Å². The fourth-order valence-corrected chi connectivity index (χ4v) is 4.12. The molecule has 3 N–H and O–H groups in total. The van der Waals surface area contributed by atoms with Crippen LogP contribution < -0.4 is 11.1 Å². The van der Waals surface area contributed by atoms with E-state index in [2.05, 4.69) is 5.32 Å². The molecule has 1 saturated heterocycles. The van der Waals surface area contributed by atoms with Crippen molar-refractivity contribution in [2.24, 2.45) is 5.73 Å². The molecule has 1 atom stereocenters. The summed E-state index contributed by atoms with van der Waals surface area (Å²) in [5.41, 5.74) is 6.59. The number of hydrogen-bond acceptors (Lipinski definition) is 4. The van der Waals surface area contributed by atoms with Crippen molar-refractivity contribution in [3.05, 3.63) is 106 Å². The maximum Gasteiger partial charge on any atom is 0.264 e. The second-order valence-electron chi connectivity index (χ2n) is 8.40. The van der Waals surface area contributed by atoms with Crippen LogP contribution >= 0.6 is 0 Å². The first-order valence-corrected chi connectivity index (χ1v) is 11.3. The number of nitrogens with one attached hydrogen (secondary N) is 1. The van der Waals surface area contributed by atoms with Crippen LogP contribution in [0.25, 0.3) is 0 Å². The van der Waals surface area contributed by atoms with Gasteiger partial charge >= 0.3 is 0 Å². The Morgan fingerprint density at radius 2 is 1.41 bits per heavy atom. The van der Waals surface area contributed by atoms with Gasteiger partial charge in [-0.05, 0) is 41.5 Å². The number of nitrogens with zero attached hydrogens (tertiary/aromatic N) is 2. The molecule has 1 aliphatic heterocycles. The SMILES string of the molecule is NCc1cccc(CNC(=O)C2N(C(=O)c3cc(F)cc(F)c3)CCN2C(=O)c2ccc(F)c(F)c2)c1. The molecule has 3 aromatic rings. The van der Waals surface area contributed by atoms with E-state index in [4.69, 9.17) is 5.73 Å². The van der Waals surface area contributed by atoms with Gasteiger partial charge in [0.2, 0.25) is 0 Å². The zero-order valence-corrected chi connectivity index (χ0v) is 19.4. The van der Waals surface area contributed by atoms with Gasteiger partial charge in [-0.1, -0.05) is 24.3 Å². The molecule has 11 heteroatoms. The van der Waals surface area contributed by atoms with Gasteiger partial charge in [0, 0.05) is 43.4 Å². The van der Waals surface area contributed by atoms with E-state index in [0.29, 0.717) is 17.7 Å². The van der Waals surface area contributed by atoms with Crippen molar-refractivity contribution in [3.8, 4) is 0 Å². The monoisotopic (exact) mass is 514 g/mol. The molecule has 7 nitrogen and oxygen atoms in total. The van der Waals surface area contributed by atoms with Gasteiger partial charge < -0.3 is 20.9 Å². The highest BCUT2D eigenvalue weighted by Gasteiger charge is 2.43. The van der Waals surface area contributed by atoms with Crippen molar-refractivity contribution < 1.29 is 31.9 Å². The molecule has 37 heavy (non-hydrogen) atoms. The number of halogens is 4. The fourth-order valence-electron chi connectivity index (χ4n) is 4.12. The van der Waals surface area contributed by atoms with Crippen LogP contribution in [0.2, 0.25) is 0 Å². The molecular weight excluding hydrogens is 492 g/mol. The zero-order valence-electron chi connectivity index (χ0n) is 19.4. The van der Waals surface area contributed by atoms with Gasteiger partial charge in [-0.2, -0.15) is 0 Å². The third kappa shape index (κ3) is 5.61. The predicted molar refractivity (Wildman–Crippen MR) is 125 cm³/mol. The van der Waals surface area contributed by atoms with Crippen molar-refractivity contribution in [1.82, 2.24) is 15.1 Å². The Labute approximate surface area is 209 Å². The van der Waals surface area contributed by atoms with Crippen molar-refractivity contribution in [3.63, 3.8) is 0 Å². The van der Waals surface area contributed by atoms with Gasteiger partial charge in [-0.25, -0.2) is 17.6 Å². The van der Waals surface area contributed by atoms with Crippen LogP contribution in [-0.4, -0.2) is 46.8 Å². The summed E-state index contributed by atoms with van der Waals surface area (Å²) in [6, 6.07) is 11.8. The smallest absolute Gasteiger partial charge is 0.264 e. The average Bonchev–Trinajstić information content (AvgIpc) is 3.32. The second-order valence-corrected chi connectivity index (χ2v) is 8.40.